The number of anilines is 1. The van der Waals surface area contributed by atoms with Crippen LogP contribution in [0.25, 0.3) is 22.9 Å². The highest BCUT2D eigenvalue weighted by molar-refractivity contribution is 7.92. The first-order chi connectivity index (χ1) is 25.5. The topological polar surface area (TPSA) is 218 Å². The number of hydrogen-bond donors (Lipinski definition) is 3. The van der Waals surface area contributed by atoms with E-state index in [-0.39, 0.29) is 64.2 Å². The van der Waals surface area contributed by atoms with Crippen LogP contribution in [-0.4, -0.2) is 75.3 Å². The number of nitrogens with one attached hydrogen (secondary N) is 3. The number of pyridine rings is 2. The monoisotopic (exact) mass is 738 g/mol. The van der Waals surface area contributed by atoms with Gasteiger partial charge in [-0.15, -0.1) is 10.2 Å². The Morgan fingerprint density at radius 2 is 1.66 bits per heavy atom. The van der Waals surface area contributed by atoms with Gasteiger partial charge in [-0.25, -0.2) is 23.2 Å². The summed E-state index contributed by atoms with van der Waals surface area (Å²) in [6, 6.07) is 21.4. The number of aromatic amines is 1. The van der Waals surface area contributed by atoms with Crippen LogP contribution < -0.4 is 29.0 Å². The summed E-state index contributed by atoms with van der Waals surface area (Å²) in [6.07, 6.45) is 2.21. The third-order valence-electron chi connectivity index (χ3n) is 7.42. The molecule has 0 fully saturated rings. The molecule has 53 heavy (non-hydrogen) atoms. The molecule has 0 aliphatic carbocycles. The number of carbonyl (C=O) groups excluding carboxylic acids is 1. The summed E-state index contributed by atoms with van der Waals surface area (Å²) in [5, 5.41) is 16.5. The van der Waals surface area contributed by atoms with Crippen molar-refractivity contribution in [3.63, 3.8) is 0 Å². The normalized spacial score (nSPS) is 11.4. The van der Waals surface area contributed by atoms with Crippen LogP contribution in [0.4, 0.5) is 10.6 Å². The van der Waals surface area contributed by atoms with E-state index in [0.717, 1.165) is 5.56 Å². The van der Waals surface area contributed by atoms with Crippen molar-refractivity contribution in [1.82, 2.24) is 45.9 Å². The van der Waals surface area contributed by atoms with E-state index in [2.05, 4.69) is 50.6 Å². The number of sulfonamides is 1. The third-order valence-corrected chi connectivity index (χ3v) is 8.77. The molecule has 0 aliphatic heterocycles. The molecule has 6 rings (SSSR count). The predicted octanol–water partition coefficient (Wildman–Crippen LogP) is 5.18. The van der Waals surface area contributed by atoms with Crippen LogP contribution in [0.2, 0.25) is 0 Å². The molecular weight excluding hydrogens is 705 g/mol. The van der Waals surface area contributed by atoms with Gasteiger partial charge in [0.25, 0.3) is 15.9 Å². The number of tetrazole rings is 1. The number of benzene rings is 2. The van der Waals surface area contributed by atoms with Crippen molar-refractivity contribution in [3.8, 4) is 51.9 Å². The van der Waals surface area contributed by atoms with Crippen LogP contribution >= 0.6 is 0 Å². The Labute approximate surface area is 304 Å². The summed E-state index contributed by atoms with van der Waals surface area (Å²) >= 11 is 0. The van der Waals surface area contributed by atoms with Crippen LogP contribution in [-0.2, 0) is 15.4 Å². The van der Waals surface area contributed by atoms with E-state index in [0.29, 0.717) is 17.0 Å². The number of ether oxygens (including phenoxy) is 4. The van der Waals surface area contributed by atoms with Crippen LogP contribution in [0, 0.1) is 0 Å². The van der Waals surface area contributed by atoms with Gasteiger partial charge in [0.2, 0.25) is 17.5 Å². The fourth-order valence-corrected chi connectivity index (χ4v) is 5.76. The second-order valence-corrected chi connectivity index (χ2v) is 13.8. The molecule has 3 N–H and O–H groups in total. The zero-order valence-electron chi connectivity index (χ0n) is 29.0. The molecule has 0 radical (unpaired) electrons. The number of rotatable bonds is 13. The summed E-state index contributed by atoms with van der Waals surface area (Å²) in [7, 11) is -2.80. The summed E-state index contributed by atoms with van der Waals surface area (Å²) in [5.74, 6) is 0.304. The van der Waals surface area contributed by atoms with Gasteiger partial charge in [0.05, 0.1) is 18.6 Å². The molecule has 4 heterocycles. The van der Waals surface area contributed by atoms with E-state index in [4.69, 9.17) is 18.9 Å². The number of nitrogens with zero attached hydrogens (tertiary/aromatic N) is 7. The lowest BCUT2D eigenvalue weighted by molar-refractivity contribution is 0.194. The number of methoxy groups -OCH3 is 1. The first-order valence-electron chi connectivity index (χ1n) is 16.1. The first kappa shape index (κ1) is 36.1. The van der Waals surface area contributed by atoms with Gasteiger partial charge in [-0.2, -0.15) is 10.2 Å². The second-order valence-electron chi connectivity index (χ2n) is 12.2. The molecule has 0 aliphatic rings. The Morgan fingerprint density at radius 1 is 0.887 bits per heavy atom. The van der Waals surface area contributed by atoms with Crippen molar-refractivity contribution in [3.05, 3.63) is 96.8 Å². The van der Waals surface area contributed by atoms with Gasteiger partial charge in [0.1, 0.15) is 12.3 Å². The van der Waals surface area contributed by atoms with Crippen molar-refractivity contribution in [2.75, 3.05) is 25.0 Å². The largest absolute Gasteiger partial charge is 0.493 e. The van der Waals surface area contributed by atoms with Gasteiger partial charge in [-0.1, -0.05) is 51.1 Å². The highest BCUT2D eigenvalue weighted by Crippen LogP contribution is 2.42. The molecule has 18 heteroatoms. The number of H-pyrrole nitrogens is 1. The molecule has 2 aromatic carbocycles. The predicted molar refractivity (Wildman–Crippen MR) is 191 cm³/mol. The Bertz CT molecular complexity index is 2290. The molecule has 0 unspecified atom stereocenters. The van der Waals surface area contributed by atoms with E-state index in [1.54, 1.807) is 60.7 Å². The molecule has 0 saturated carbocycles. The van der Waals surface area contributed by atoms with Gasteiger partial charge in [-0.05, 0) is 58.7 Å². The fraction of sp³-hybridized carbons (Fsp3) is 0.200. The number of amides is 1. The van der Waals surface area contributed by atoms with Crippen molar-refractivity contribution >= 4 is 21.9 Å². The smallest absolute Gasteiger partial charge is 0.414 e. The summed E-state index contributed by atoms with van der Waals surface area (Å²) in [5.41, 5.74) is 1.49. The molecule has 0 atom stereocenters. The molecule has 17 nitrogen and oxygen atoms in total. The van der Waals surface area contributed by atoms with Crippen molar-refractivity contribution in [1.29, 1.82) is 0 Å². The van der Waals surface area contributed by atoms with Crippen LogP contribution in [0.15, 0.2) is 96.2 Å². The quantitative estimate of drug-likeness (QED) is 0.130. The Kier molecular flexibility index (Phi) is 10.7. The molecule has 4 aromatic heterocycles. The lowest BCUT2D eigenvalue weighted by Gasteiger charge is -2.20. The standard InChI is InChI=1S/C35H34N10O7S/c1-35(2,3)23-12-14-24(15-13-23)53(47,48)43-32-29(51-27-10-6-5-9-26(27)49-4)33(50-20-19-38-34(46)52-28-11-7-8-17-37-28)40-30(39-32)22-16-18-36-25(21-22)31-41-44-45-42-31/h5-18,21H,19-20H2,1-4H3,(H,38,46)(H,39,40,43)(H,41,42,44,45). The molecule has 6 aromatic rings. The maximum absolute atomic E-state index is 13.9. The number of hydrogen-bond acceptors (Lipinski definition) is 14. The van der Waals surface area contributed by atoms with Crippen molar-refractivity contribution < 1.29 is 32.2 Å². The highest BCUT2D eigenvalue weighted by Gasteiger charge is 2.26. The van der Waals surface area contributed by atoms with Crippen LogP contribution in [0.1, 0.15) is 26.3 Å². The Morgan fingerprint density at radius 3 is 2.36 bits per heavy atom. The third kappa shape index (κ3) is 8.98. The maximum Gasteiger partial charge on any atom is 0.414 e. The average Bonchev–Trinajstić information content (AvgIpc) is 3.70. The van der Waals surface area contributed by atoms with E-state index in [1.807, 2.05) is 20.8 Å². The minimum absolute atomic E-state index is 0.0182. The number of carbonyl (C=O) groups is 1. The highest BCUT2D eigenvalue weighted by atomic mass is 32.2. The fourth-order valence-electron chi connectivity index (χ4n) is 4.75. The zero-order valence-corrected chi connectivity index (χ0v) is 29.8. The summed E-state index contributed by atoms with van der Waals surface area (Å²) in [4.78, 5) is 29.9. The number of para-hydroxylation sites is 2. The lowest BCUT2D eigenvalue weighted by atomic mass is 9.87. The Balaban J connectivity index is 1.40. The number of aromatic nitrogens is 8. The second kappa shape index (κ2) is 15.7. The minimum Gasteiger partial charge on any atom is -0.493 e. The molecular formula is C35H34N10O7S. The average molecular weight is 739 g/mol. The minimum atomic E-state index is -4.26. The zero-order chi connectivity index (χ0) is 37.4. The van der Waals surface area contributed by atoms with Crippen molar-refractivity contribution in [2.24, 2.45) is 0 Å². The van der Waals surface area contributed by atoms with Crippen LogP contribution in [0.5, 0.6) is 29.0 Å². The molecule has 0 bridgehead atoms. The van der Waals surface area contributed by atoms with Crippen LogP contribution in [0.3, 0.4) is 0 Å². The molecule has 0 spiro atoms. The lowest BCUT2D eigenvalue weighted by Crippen LogP contribution is -2.31. The van der Waals surface area contributed by atoms with Crippen molar-refractivity contribution in [2.45, 2.75) is 31.1 Å². The first-order valence-corrected chi connectivity index (χ1v) is 17.5. The van der Waals surface area contributed by atoms with Gasteiger partial charge in [-0.3, -0.25) is 9.71 Å². The van der Waals surface area contributed by atoms with E-state index < -0.39 is 16.1 Å². The van der Waals surface area contributed by atoms with Gasteiger partial charge in [0.15, 0.2) is 23.1 Å². The SMILES string of the molecule is COc1ccccc1Oc1c(NS(=O)(=O)c2ccc(C(C)(C)C)cc2)nc(-c2ccnc(-c3nn[nH]n3)c2)nc1OCCNC(=O)Oc1ccccn1. The molecule has 1 amide bonds. The Hall–Kier alpha value is -6.69. The van der Waals surface area contributed by atoms with E-state index >= 15 is 0 Å². The summed E-state index contributed by atoms with van der Waals surface area (Å²) in [6.45, 7) is 5.89. The van der Waals surface area contributed by atoms with Gasteiger partial charge < -0.3 is 24.3 Å². The molecule has 0 saturated heterocycles. The van der Waals surface area contributed by atoms with Gasteiger partial charge >= 0.3 is 6.09 Å². The molecule has 272 valence electrons. The maximum atomic E-state index is 13.9. The van der Waals surface area contributed by atoms with Gasteiger partial charge in [0, 0.05) is 24.0 Å². The van der Waals surface area contributed by atoms with E-state index in [9.17, 15) is 13.2 Å². The summed E-state index contributed by atoms with van der Waals surface area (Å²) < 4.78 is 53.5. The van der Waals surface area contributed by atoms with E-state index in [1.165, 1.54) is 37.7 Å².